The van der Waals surface area contributed by atoms with E-state index in [0.29, 0.717) is 40.9 Å². The van der Waals surface area contributed by atoms with Crippen molar-refractivity contribution in [2.45, 2.75) is 13.1 Å². The predicted octanol–water partition coefficient (Wildman–Crippen LogP) is 4.89. The van der Waals surface area contributed by atoms with E-state index < -0.39 is 0 Å². The number of aromatic nitrogens is 2. The van der Waals surface area contributed by atoms with Crippen LogP contribution in [-0.4, -0.2) is 14.6 Å². The number of rotatable bonds is 5. The molecule has 3 aromatic heterocycles. The summed E-state index contributed by atoms with van der Waals surface area (Å²) in [6, 6.07) is 19.7. The SMILES string of the molecule is Cl.O/N=c1\cc(-c2cc3cccn3cn2)oc2ccc(CNCc3ccc(F)cc3)cc12. The topological polar surface area (TPSA) is 75.1 Å². The van der Waals surface area contributed by atoms with E-state index in [0.717, 1.165) is 16.6 Å². The smallest absolute Gasteiger partial charge is 0.155 e. The van der Waals surface area contributed by atoms with Crippen LogP contribution in [-0.2, 0) is 13.1 Å². The summed E-state index contributed by atoms with van der Waals surface area (Å²) in [4.78, 5) is 4.44. The average molecular weight is 451 g/mol. The van der Waals surface area contributed by atoms with E-state index in [1.165, 1.54) is 12.1 Å². The predicted molar refractivity (Wildman–Crippen MR) is 122 cm³/mol. The van der Waals surface area contributed by atoms with Crippen LogP contribution in [0.15, 0.2) is 88.8 Å². The van der Waals surface area contributed by atoms with Gasteiger partial charge in [0, 0.05) is 36.3 Å². The van der Waals surface area contributed by atoms with E-state index >= 15 is 0 Å². The molecule has 0 aliphatic heterocycles. The summed E-state index contributed by atoms with van der Waals surface area (Å²) >= 11 is 0. The Hall–Kier alpha value is -3.68. The normalized spacial score (nSPS) is 11.7. The molecule has 0 atom stereocenters. The third-order valence-electron chi connectivity index (χ3n) is 5.16. The van der Waals surface area contributed by atoms with Crippen molar-refractivity contribution in [2.75, 3.05) is 0 Å². The van der Waals surface area contributed by atoms with Gasteiger partial charge in [-0.15, -0.1) is 12.4 Å². The second-order valence-electron chi connectivity index (χ2n) is 7.27. The molecule has 2 N–H and O–H groups in total. The largest absolute Gasteiger partial charge is 0.454 e. The Kier molecular flexibility index (Phi) is 6.20. The van der Waals surface area contributed by atoms with Crippen LogP contribution in [0, 0.1) is 5.82 Å². The van der Waals surface area contributed by atoms with E-state index in [1.807, 2.05) is 47.0 Å². The molecular weight excluding hydrogens is 431 g/mol. The molecule has 162 valence electrons. The minimum absolute atomic E-state index is 0. The standard InChI is InChI=1S/C24H19FN4O2.ClH/c25-18-6-3-16(4-7-18)13-26-14-17-5-8-23-20(10-17)21(28-30)12-24(31-23)22-11-19-2-1-9-29(19)15-27-22;/h1-12,15,26,30H,13-14H2;1H/b28-21+;. The molecule has 2 aromatic carbocycles. The highest BCUT2D eigenvalue weighted by Gasteiger charge is 2.09. The summed E-state index contributed by atoms with van der Waals surface area (Å²) in [7, 11) is 0. The number of fused-ring (bicyclic) bond motifs is 2. The molecule has 0 amide bonds. The molecule has 0 aliphatic carbocycles. The van der Waals surface area contributed by atoms with Gasteiger partial charge in [-0.25, -0.2) is 9.37 Å². The van der Waals surface area contributed by atoms with Crippen molar-refractivity contribution in [3.63, 3.8) is 0 Å². The van der Waals surface area contributed by atoms with Gasteiger partial charge in [-0.05, 0) is 53.6 Å². The lowest BCUT2D eigenvalue weighted by atomic mass is 10.1. The zero-order valence-corrected chi connectivity index (χ0v) is 17.7. The molecule has 0 radical (unpaired) electrons. The van der Waals surface area contributed by atoms with Gasteiger partial charge in [0.25, 0.3) is 0 Å². The molecule has 3 heterocycles. The summed E-state index contributed by atoms with van der Waals surface area (Å²) in [6.45, 7) is 1.22. The lowest BCUT2D eigenvalue weighted by molar-refractivity contribution is 0.302. The van der Waals surface area contributed by atoms with Gasteiger partial charge in [-0.1, -0.05) is 23.4 Å². The van der Waals surface area contributed by atoms with E-state index in [1.54, 1.807) is 24.5 Å². The summed E-state index contributed by atoms with van der Waals surface area (Å²) in [5, 5.41) is 17.5. The van der Waals surface area contributed by atoms with Crippen molar-refractivity contribution in [3.8, 4) is 11.5 Å². The third kappa shape index (κ3) is 4.34. The van der Waals surface area contributed by atoms with E-state index in [-0.39, 0.29) is 18.2 Å². The molecule has 0 saturated carbocycles. The van der Waals surface area contributed by atoms with Crippen molar-refractivity contribution >= 4 is 28.9 Å². The highest BCUT2D eigenvalue weighted by molar-refractivity contribution is 5.85. The molecular formula is C24H20ClFN4O2. The molecule has 0 aliphatic rings. The second kappa shape index (κ2) is 9.21. The molecule has 6 nitrogen and oxygen atoms in total. The molecule has 5 rings (SSSR count). The molecule has 0 unspecified atom stereocenters. The zero-order chi connectivity index (χ0) is 21.2. The Bertz CT molecular complexity index is 1440. The Morgan fingerprint density at radius 1 is 1.00 bits per heavy atom. The first-order chi connectivity index (χ1) is 15.2. The molecule has 0 spiro atoms. The number of benzene rings is 2. The highest BCUT2D eigenvalue weighted by Crippen LogP contribution is 2.22. The van der Waals surface area contributed by atoms with Crippen molar-refractivity contribution in [3.05, 3.63) is 102 Å². The third-order valence-corrected chi connectivity index (χ3v) is 5.16. The first-order valence-corrected chi connectivity index (χ1v) is 9.83. The molecule has 0 bridgehead atoms. The van der Waals surface area contributed by atoms with Crippen LogP contribution >= 0.6 is 12.4 Å². The number of nitrogens with zero attached hydrogens (tertiary/aromatic N) is 3. The van der Waals surface area contributed by atoms with Crippen LogP contribution in [0.3, 0.4) is 0 Å². The van der Waals surface area contributed by atoms with Gasteiger partial charge in [-0.2, -0.15) is 0 Å². The van der Waals surface area contributed by atoms with Crippen LogP contribution in [0.1, 0.15) is 11.1 Å². The van der Waals surface area contributed by atoms with Crippen molar-refractivity contribution in [1.82, 2.24) is 14.7 Å². The van der Waals surface area contributed by atoms with Crippen LogP contribution in [0.25, 0.3) is 27.9 Å². The molecule has 0 fully saturated rings. The first kappa shape index (κ1) is 21.5. The minimum atomic E-state index is -0.245. The molecule has 32 heavy (non-hydrogen) atoms. The van der Waals surface area contributed by atoms with Crippen LogP contribution in [0.5, 0.6) is 0 Å². The maximum atomic E-state index is 13.0. The number of hydrogen-bond donors (Lipinski definition) is 2. The molecule has 5 aromatic rings. The van der Waals surface area contributed by atoms with Gasteiger partial charge in [0.2, 0.25) is 0 Å². The fraction of sp³-hybridized carbons (Fsp3) is 0.0833. The maximum Gasteiger partial charge on any atom is 0.155 e. The van der Waals surface area contributed by atoms with E-state index in [2.05, 4.69) is 15.5 Å². The van der Waals surface area contributed by atoms with Crippen LogP contribution in [0.2, 0.25) is 0 Å². The van der Waals surface area contributed by atoms with E-state index in [9.17, 15) is 9.60 Å². The summed E-state index contributed by atoms with van der Waals surface area (Å²) in [5.41, 5.74) is 4.26. The number of halogens is 2. The van der Waals surface area contributed by atoms with E-state index in [4.69, 9.17) is 4.42 Å². The van der Waals surface area contributed by atoms with Gasteiger partial charge in [0.05, 0.1) is 6.33 Å². The molecule has 0 saturated heterocycles. The van der Waals surface area contributed by atoms with Crippen LogP contribution in [0.4, 0.5) is 4.39 Å². The van der Waals surface area contributed by atoms with Gasteiger partial charge >= 0.3 is 0 Å². The fourth-order valence-electron chi connectivity index (χ4n) is 3.56. The first-order valence-electron chi connectivity index (χ1n) is 9.83. The lowest BCUT2D eigenvalue weighted by Crippen LogP contribution is -2.13. The summed E-state index contributed by atoms with van der Waals surface area (Å²) < 4.78 is 21.0. The van der Waals surface area contributed by atoms with Gasteiger partial charge in [-0.3, -0.25) is 0 Å². The van der Waals surface area contributed by atoms with Gasteiger partial charge in [0.1, 0.15) is 22.5 Å². The van der Waals surface area contributed by atoms with Crippen LogP contribution < -0.4 is 10.7 Å². The Morgan fingerprint density at radius 2 is 1.78 bits per heavy atom. The van der Waals surface area contributed by atoms with Crippen molar-refractivity contribution in [2.24, 2.45) is 5.16 Å². The van der Waals surface area contributed by atoms with Crippen molar-refractivity contribution < 1.29 is 14.0 Å². The maximum absolute atomic E-state index is 13.0. The lowest BCUT2D eigenvalue weighted by Gasteiger charge is -2.08. The van der Waals surface area contributed by atoms with Gasteiger partial charge in [0.15, 0.2) is 5.76 Å². The van der Waals surface area contributed by atoms with Crippen molar-refractivity contribution in [1.29, 1.82) is 0 Å². The molecule has 8 heteroatoms. The summed E-state index contributed by atoms with van der Waals surface area (Å²) in [6.07, 6.45) is 3.64. The number of nitrogens with one attached hydrogen (secondary N) is 1. The quantitative estimate of drug-likeness (QED) is 0.295. The average Bonchev–Trinajstić information content (AvgIpc) is 3.27. The Balaban J connectivity index is 0.00000245. The number of hydrogen-bond acceptors (Lipinski definition) is 5. The Morgan fingerprint density at radius 3 is 2.59 bits per heavy atom. The van der Waals surface area contributed by atoms with Gasteiger partial charge < -0.3 is 19.3 Å². The monoisotopic (exact) mass is 450 g/mol. The highest BCUT2D eigenvalue weighted by atomic mass is 35.5. The minimum Gasteiger partial charge on any atom is -0.454 e. The fourth-order valence-corrected chi connectivity index (χ4v) is 3.56. The Labute approximate surface area is 189 Å². The second-order valence-corrected chi connectivity index (χ2v) is 7.27. The summed E-state index contributed by atoms with van der Waals surface area (Å²) in [5.74, 6) is 0.275. The zero-order valence-electron chi connectivity index (χ0n) is 16.9.